The Kier molecular flexibility index (Phi) is 3.39. The van der Waals surface area contributed by atoms with Gasteiger partial charge in [-0.2, -0.15) is 5.10 Å². The third kappa shape index (κ3) is 2.32. The first-order chi connectivity index (χ1) is 7.76. The molecular formula is C12H18N2O2. The van der Waals surface area contributed by atoms with E-state index in [9.17, 15) is 4.79 Å². The van der Waals surface area contributed by atoms with Crippen molar-refractivity contribution in [3.63, 3.8) is 0 Å². The summed E-state index contributed by atoms with van der Waals surface area (Å²) in [6, 6.07) is 0. The minimum Gasteiger partial charge on any atom is -0.370 e. The van der Waals surface area contributed by atoms with Gasteiger partial charge in [0.25, 0.3) is 0 Å². The van der Waals surface area contributed by atoms with E-state index in [1.165, 1.54) is 0 Å². The topological polar surface area (TPSA) is 44.1 Å². The molecule has 1 fully saturated rings. The number of aryl methyl sites for hydroxylation is 1. The molecule has 0 spiro atoms. The summed E-state index contributed by atoms with van der Waals surface area (Å²) in [7, 11) is 0. The van der Waals surface area contributed by atoms with Crippen LogP contribution < -0.4 is 0 Å². The second-order valence-electron chi connectivity index (χ2n) is 4.16. The van der Waals surface area contributed by atoms with Gasteiger partial charge in [0.1, 0.15) is 6.10 Å². The molecule has 1 atom stereocenters. The molecule has 1 saturated carbocycles. The van der Waals surface area contributed by atoms with Crippen molar-refractivity contribution in [3.8, 4) is 0 Å². The number of carbonyl (C=O) groups excluding carboxylic acids is 1. The number of nitrogens with zero attached hydrogens (tertiary/aromatic N) is 2. The van der Waals surface area contributed by atoms with Crippen LogP contribution in [0.1, 0.15) is 37.0 Å². The lowest BCUT2D eigenvalue weighted by Crippen LogP contribution is -2.26. The third-order valence-corrected chi connectivity index (χ3v) is 2.90. The highest BCUT2D eigenvalue weighted by atomic mass is 16.5. The van der Waals surface area contributed by atoms with E-state index in [0.29, 0.717) is 18.1 Å². The molecule has 4 heteroatoms. The standard InChI is InChI=1S/C12H18N2O2/c1-3-14-8-10(7-13-14)11(15)12(16-4-2)9-5-6-9/h7-9,12H,3-6H2,1-2H3. The van der Waals surface area contributed by atoms with Crippen molar-refractivity contribution < 1.29 is 9.53 Å². The summed E-state index contributed by atoms with van der Waals surface area (Å²) in [6.45, 7) is 5.31. The van der Waals surface area contributed by atoms with Gasteiger partial charge in [0, 0.05) is 19.3 Å². The van der Waals surface area contributed by atoms with E-state index in [0.717, 1.165) is 19.4 Å². The van der Waals surface area contributed by atoms with Crippen molar-refractivity contribution in [1.29, 1.82) is 0 Å². The maximum absolute atomic E-state index is 12.2. The minimum atomic E-state index is -0.250. The number of carbonyl (C=O) groups is 1. The zero-order valence-electron chi connectivity index (χ0n) is 9.85. The highest BCUT2D eigenvalue weighted by Crippen LogP contribution is 2.35. The molecule has 1 aromatic rings. The van der Waals surface area contributed by atoms with Crippen LogP contribution in [0, 0.1) is 5.92 Å². The molecular weight excluding hydrogens is 204 g/mol. The minimum absolute atomic E-state index is 0.0871. The number of aromatic nitrogens is 2. The average molecular weight is 222 g/mol. The van der Waals surface area contributed by atoms with Gasteiger partial charge in [-0.1, -0.05) is 0 Å². The van der Waals surface area contributed by atoms with Crippen LogP contribution in [0.5, 0.6) is 0 Å². The molecule has 0 radical (unpaired) electrons. The largest absolute Gasteiger partial charge is 0.370 e. The van der Waals surface area contributed by atoms with E-state index in [-0.39, 0.29) is 11.9 Å². The number of ether oxygens (including phenoxy) is 1. The van der Waals surface area contributed by atoms with Crippen LogP contribution in [-0.4, -0.2) is 28.3 Å². The van der Waals surface area contributed by atoms with E-state index in [1.807, 2.05) is 13.8 Å². The van der Waals surface area contributed by atoms with Gasteiger partial charge in [0.2, 0.25) is 0 Å². The Labute approximate surface area is 95.6 Å². The molecule has 0 bridgehead atoms. The summed E-state index contributed by atoms with van der Waals surface area (Å²) in [5.41, 5.74) is 0.673. The molecule has 1 aromatic heterocycles. The molecule has 88 valence electrons. The first-order valence-corrected chi connectivity index (χ1v) is 5.94. The molecule has 0 saturated heterocycles. The van der Waals surface area contributed by atoms with Crippen LogP contribution in [0.15, 0.2) is 12.4 Å². The fourth-order valence-corrected chi connectivity index (χ4v) is 1.83. The van der Waals surface area contributed by atoms with Gasteiger partial charge in [0.15, 0.2) is 5.78 Å². The molecule has 1 unspecified atom stereocenters. The van der Waals surface area contributed by atoms with Gasteiger partial charge >= 0.3 is 0 Å². The Morgan fingerprint density at radius 1 is 1.62 bits per heavy atom. The van der Waals surface area contributed by atoms with Gasteiger partial charge in [-0.15, -0.1) is 0 Å². The zero-order valence-corrected chi connectivity index (χ0v) is 9.85. The van der Waals surface area contributed by atoms with Crippen molar-refractivity contribution in [3.05, 3.63) is 18.0 Å². The first-order valence-electron chi connectivity index (χ1n) is 5.94. The fourth-order valence-electron chi connectivity index (χ4n) is 1.83. The van der Waals surface area contributed by atoms with Gasteiger partial charge in [-0.05, 0) is 32.6 Å². The second kappa shape index (κ2) is 4.78. The zero-order chi connectivity index (χ0) is 11.5. The lowest BCUT2D eigenvalue weighted by molar-refractivity contribution is 0.0374. The van der Waals surface area contributed by atoms with Crippen molar-refractivity contribution in [2.75, 3.05) is 6.61 Å². The Balaban J connectivity index is 2.09. The summed E-state index contributed by atoms with van der Waals surface area (Å²) in [4.78, 5) is 12.2. The monoisotopic (exact) mass is 222 g/mol. The van der Waals surface area contributed by atoms with Gasteiger partial charge < -0.3 is 4.74 Å². The molecule has 0 aromatic carbocycles. The quantitative estimate of drug-likeness (QED) is 0.690. The maximum Gasteiger partial charge on any atom is 0.194 e. The van der Waals surface area contributed by atoms with E-state index in [4.69, 9.17) is 4.74 Å². The molecule has 1 heterocycles. The van der Waals surface area contributed by atoms with Crippen LogP contribution in [0.25, 0.3) is 0 Å². The van der Waals surface area contributed by atoms with E-state index in [2.05, 4.69) is 5.10 Å². The molecule has 16 heavy (non-hydrogen) atoms. The van der Waals surface area contributed by atoms with Crippen LogP contribution >= 0.6 is 0 Å². The Morgan fingerprint density at radius 3 is 2.88 bits per heavy atom. The molecule has 4 nitrogen and oxygen atoms in total. The number of hydrogen-bond donors (Lipinski definition) is 0. The Morgan fingerprint density at radius 2 is 2.38 bits per heavy atom. The third-order valence-electron chi connectivity index (χ3n) is 2.90. The average Bonchev–Trinajstić information content (AvgIpc) is 3.02. The van der Waals surface area contributed by atoms with Gasteiger partial charge in [0.05, 0.1) is 11.8 Å². The van der Waals surface area contributed by atoms with E-state index < -0.39 is 0 Å². The van der Waals surface area contributed by atoms with E-state index in [1.54, 1.807) is 17.1 Å². The predicted octanol–water partition coefficient (Wildman–Crippen LogP) is 1.90. The summed E-state index contributed by atoms with van der Waals surface area (Å²) in [6.07, 6.45) is 5.41. The predicted molar refractivity (Wildman–Crippen MR) is 60.4 cm³/mol. The number of ketones is 1. The molecule has 0 aliphatic heterocycles. The van der Waals surface area contributed by atoms with Crippen molar-refractivity contribution >= 4 is 5.78 Å². The molecule has 0 N–H and O–H groups in total. The summed E-state index contributed by atoms with van der Waals surface area (Å²) in [5.74, 6) is 0.515. The summed E-state index contributed by atoms with van der Waals surface area (Å²) in [5, 5.41) is 4.12. The molecule has 1 aliphatic carbocycles. The van der Waals surface area contributed by atoms with Gasteiger partial charge in [-0.3, -0.25) is 9.48 Å². The lowest BCUT2D eigenvalue weighted by Gasteiger charge is -2.13. The molecule has 0 amide bonds. The smallest absolute Gasteiger partial charge is 0.194 e. The van der Waals surface area contributed by atoms with Crippen molar-refractivity contribution in [2.45, 2.75) is 39.3 Å². The van der Waals surface area contributed by atoms with Crippen LogP contribution in [0.4, 0.5) is 0 Å². The second-order valence-corrected chi connectivity index (χ2v) is 4.16. The number of Topliss-reactive ketones (excluding diaryl/α,β-unsaturated/α-hetero) is 1. The highest BCUT2D eigenvalue weighted by Gasteiger charge is 2.37. The van der Waals surface area contributed by atoms with Gasteiger partial charge in [-0.25, -0.2) is 0 Å². The summed E-state index contributed by atoms with van der Waals surface area (Å²) < 4.78 is 7.31. The van der Waals surface area contributed by atoms with Crippen LogP contribution in [-0.2, 0) is 11.3 Å². The number of rotatable bonds is 6. The highest BCUT2D eigenvalue weighted by molar-refractivity contribution is 5.99. The lowest BCUT2D eigenvalue weighted by atomic mass is 10.1. The van der Waals surface area contributed by atoms with E-state index >= 15 is 0 Å². The molecule has 2 rings (SSSR count). The van der Waals surface area contributed by atoms with Crippen LogP contribution in [0.2, 0.25) is 0 Å². The van der Waals surface area contributed by atoms with Crippen molar-refractivity contribution in [1.82, 2.24) is 9.78 Å². The Bertz CT molecular complexity index is 369. The summed E-state index contributed by atoms with van der Waals surface area (Å²) >= 11 is 0. The maximum atomic E-state index is 12.2. The fraction of sp³-hybridized carbons (Fsp3) is 0.667. The molecule has 1 aliphatic rings. The first kappa shape index (κ1) is 11.3. The number of hydrogen-bond acceptors (Lipinski definition) is 3. The Hall–Kier alpha value is -1.16. The normalized spacial score (nSPS) is 17.4. The SMILES string of the molecule is CCOC(C(=O)c1cnn(CC)c1)C1CC1. The van der Waals surface area contributed by atoms with Crippen molar-refractivity contribution in [2.24, 2.45) is 5.92 Å². The van der Waals surface area contributed by atoms with Crippen LogP contribution in [0.3, 0.4) is 0 Å².